The van der Waals surface area contributed by atoms with Gasteiger partial charge in [0.05, 0.1) is 0 Å². The molecule has 1 fully saturated rings. The van der Waals surface area contributed by atoms with E-state index in [1.54, 1.807) is 0 Å². The Morgan fingerprint density at radius 3 is 2.82 bits per heavy atom. The lowest BCUT2D eigenvalue weighted by Gasteiger charge is -2.26. The molecule has 0 saturated heterocycles. The minimum absolute atomic E-state index is 0.759. The van der Waals surface area contributed by atoms with Crippen molar-refractivity contribution in [3.05, 3.63) is 29.3 Å². The van der Waals surface area contributed by atoms with Gasteiger partial charge in [0.1, 0.15) is 0 Å². The number of nitrogens with zero attached hydrogens (tertiary/aromatic N) is 1. The third-order valence-corrected chi connectivity index (χ3v) is 4.33. The van der Waals surface area contributed by atoms with Gasteiger partial charge in [-0.3, -0.25) is 4.90 Å². The van der Waals surface area contributed by atoms with E-state index in [-0.39, 0.29) is 0 Å². The molecule has 0 spiro atoms. The number of anilines is 1. The first-order valence-electron chi connectivity index (χ1n) is 6.88. The normalized spacial score (nSPS) is 21.5. The molecule has 2 heteroatoms. The Morgan fingerprint density at radius 2 is 2.18 bits per heavy atom. The van der Waals surface area contributed by atoms with Gasteiger partial charge in [0.15, 0.2) is 0 Å². The zero-order valence-corrected chi connectivity index (χ0v) is 10.7. The minimum atomic E-state index is 0.759. The lowest BCUT2D eigenvalue weighted by molar-refractivity contribution is 0.177. The van der Waals surface area contributed by atoms with Crippen LogP contribution < -0.4 is 5.73 Å². The largest absolute Gasteiger partial charge is 0.398 e. The molecule has 2 aliphatic rings. The maximum atomic E-state index is 6.06. The first-order valence-corrected chi connectivity index (χ1v) is 6.88. The molecule has 0 aromatic heterocycles. The first-order chi connectivity index (χ1) is 8.28. The molecule has 92 valence electrons. The van der Waals surface area contributed by atoms with Crippen LogP contribution >= 0.6 is 0 Å². The summed E-state index contributed by atoms with van der Waals surface area (Å²) in [6.45, 7) is 4.48. The molecule has 1 aliphatic carbocycles. The average molecular weight is 230 g/mol. The van der Waals surface area contributed by atoms with Crippen molar-refractivity contribution in [3.63, 3.8) is 0 Å². The minimum Gasteiger partial charge on any atom is -0.398 e. The highest BCUT2D eigenvalue weighted by Crippen LogP contribution is 2.38. The second-order valence-corrected chi connectivity index (χ2v) is 5.63. The molecule has 0 amide bonds. The summed E-state index contributed by atoms with van der Waals surface area (Å²) < 4.78 is 0. The Balaban J connectivity index is 1.73. The number of nitrogens with two attached hydrogens (primary N) is 1. The maximum Gasteiger partial charge on any atom is 0.0363 e. The fourth-order valence-electron chi connectivity index (χ4n) is 3.04. The molecular weight excluding hydrogens is 208 g/mol. The topological polar surface area (TPSA) is 29.3 Å². The second-order valence-electron chi connectivity index (χ2n) is 5.63. The van der Waals surface area contributed by atoms with E-state index in [9.17, 15) is 0 Å². The number of nitrogen functional groups attached to an aromatic ring is 1. The van der Waals surface area contributed by atoms with Gasteiger partial charge in [0.2, 0.25) is 0 Å². The van der Waals surface area contributed by atoms with Gasteiger partial charge in [-0.15, -0.1) is 0 Å². The summed E-state index contributed by atoms with van der Waals surface area (Å²) in [5.74, 6) is 1.01. The van der Waals surface area contributed by atoms with Gasteiger partial charge >= 0.3 is 0 Å². The molecule has 1 unspecified atom stereocenters. The van der Waals surface area contributed by atoms with Gasteiger partial charge in [-0.25, -0.2) is 0 Å². The molecule has 3 rings (SSSR count). The van der Waals surface area contributed by atoms with Gasteiger partial charge in [0, 0.05) is 24.8 Å². The molecular formula is C15H22N2. The molecule has 1 atom stereocenters. The first kappa shape index (κ1) is 11.1. The second kappa shape index (κ2) is 4.34. The summed E-state index contributed by atoms with van der Waals surface area (Å²) >= 11 is 0. The number of hydrogen-bond acceptors (Lipinski definition) is 2. The van der Waals surface area contributed by atoms with Crippen molar-refractivity contribution >= 4 is 5.69 Å². The van der Waals surface area contributed by atoms with E-state index in [4.69, 9.17) is 5.73 Å². The molecule has 1 aliphatic heterocycles. The average Bonchev–Trinajstić information content (AvgIpc) is 3.04. The molecule has 2 nitrogen and oxygen atoms in total. The van der Waals surface area contributed by atoms with Crippen LogP contribution in [0, 0.1) is 5.92 Å². The van der Waals surface area contributed by atoms with Crippen LogP contribution in [0.2, 0.25) is 0 Å². The monoisotopic (exact) mass is 230 g/mol. The van der Waals surface area contributed by atoms with Gasteiger partial charge in [-0.05, 0) is 36.0 Å². The van der Waals surface area contributed by atoms with E-state index in [0.717, 1.165) is 30.7 Å². The quantitative estimate of drug-likeness (QED) is 0.805. The Kier molecular flexibility index (Phi) is 2.83. The molecule has 0 radical (unpaired) electrons. The number of fused-ring (bicyclic) bond motifs is 1. The van der Waals surface area contributed by atoms with E-state index in [1.807, 2.05) is 6.07 Å². The third kappa shape index (κ3) is 2.19. The Hall–Kier alpha value is -1.02. The van der Waals surface area contributed by atoms with Crippen molar-refractivity contribution in [1.29, 1.82) is 0 Å². The summed E-state index contributed by atoms with van der Waals surface area (Å²) in [5.41, 5.74) is 9.86. The van der Waals surface area contributed by atoms with Crippen LogP contribution in [0.3, 0.4) is 0 Å². The van der Waals surface area contributed by atoms with Gasteiger partial charge in [-0.1, -0.05) is 31.9 Å². The van der Waals surface area contributed by atoms with Crippen LogP contribution in [-0.2, 0) is 13.1 Å². The van der Waals surface area contributed by atoms with Crippen molar-refractivity contribution in [2.45, 2.75) is 51.7 Å². The van der Waals surface area contributed by atoms with Crippen molar-refractivity contribution in [1.82, 2.24) is 4.90 Å². The smallest absolute Gasteiger partial charge is 0.0363 e. The zero-order valence-electron chi connectivity index (χ0n) is 10.7. The van der Waals surface area contributed by atoms with Crippen molar-refractivity contribution < 1.29 is 0 Å². The van der Waals surface area contributed by atoms with Crippen LogP contribution in [0.15, 0.2) is 18.2 Å². The predicted molar refractivity (Wildman–Crippen MR) is 71.5 cm³/mol. The molecule has 17 heavy (non-hydrogen) atoms. The van der Waals surface area contributed by atoms with E-state index in [1.165, 1.54) is 36.8 Å². The lowest BCUT2D eigenvalue weighted by atomic mass is 10.1. The molecule has 1 saturated carbocycles. The standard InChI is InChI=1S/C15H22N2/c1-2-13(8-11-6-7-11)17-9-12-4-3-5-15(16)14(12)10-17/h3-5,11,13H,2,6-10,16H2,1H3. The fourth-order valence-corrected chi connectivity index (χ4v) is 3.04. The van der Waals surface area contributed by atoms with Gasteiger partial charge in [-0.2, -0.15) is 0 Å². The van der Waals surface area contributed by atoms with Crippen LogP contribution in [0.4, 0.5) is 5.69 Å². The maximum absolute atomic E-state index is 6.06. The van der Waals surface area contributed by atoms with E-state index < -0.39 is 0 Å². The van der Waals surface area contributed by atoms with Crippen LogP contribution in [-0.4, -0.2) is 10.9 Å². The molecule has 1 aromatic carbocycles. The van der Waals surface area contributed by atoms with Crippen molar-refractivity contribution in [2.24, 2.45) is 5.92 Å². The highest BCUT2D eigenvalue weighted by Gasteiger charge is 2.31. The SMILES string of the molecule is CCC(CC1CC1)N1Cc2cccc(N)c2C1. The summed E-state index contributed by atoms with van der Waals surface area (Å²) in [4.78, 5) is 2.62. The summed E-state index contributed by atoms with van der Waals surface area (Å²) in [5, 5.41) is 0. The van der Waals surface area contributed by atoms with E-state index >= 15 is 0 Å². The molecule has 0 bridgehead atoms. The number of hydrogen-bond donors (Lipinski definition) is 1. The van der Waals surface area contributed by atoms with Crippen LogP contribution in [0.25, 0.3) is 0 Å². The third-order valence-electron chi connectivity index (χ3n) is 4.33. The predicted octanol–water partition coefficient (Wildman–Crippen LogP) is 3.16. The van der Waals surface area contributed by atoms with Crippen LogP contribution in [0.1, 0.15) is 43.7 Å². The van der Waals surface area contributed by atoms with Crippen molar-refractivity contribution in [2.75, 3.05) is 5.73 Å². The van der Waals surface area contributed by atoms with Gasteiger partial charge in [0.25, 0.3) is 0 Å². The molecule has 1 heterocycles. The van der Waals surface area contributed by atoms with Crippen molar-refractivity contribution in [3.8, 4) is 0 Å². The van der Waals surface area contributed by atoms with Crippen LogP contribution in [0.5, 0.6) is 0 Å². The summed E-state index contributed by atoms with van der Waals surface area (Å²) in [7, 11) is 0. The molecule has 1 aromatic rings. The van der Waals surface area contributed by atoms with Gasteiger partial charge < -0.3 is 5.73 Å². The van der Waals surface area contributed by atoms with E-state index in [2.05, 4.69) is 24.0 Å². The Morgan fingerprint density at radius 1 is 1.35 bits per heavy atom. The lowest BCUT2D eigenvalue weighted by Crippen LogP contribution is -2.30. The Labute approximate surface area is 104 Å². The summed E-state index contributed by atoms with van der Waals surface area (Å²) in [6, 6.07) is 7.11. The zero-order chi connectivity index (χ0) is 11.8. The number of rotatable bonds is 4. The highest BCUT2D eigenvalue weighted by atomic mass is 15.2. The summed E-state index contributed by atoms with van der Waals surface area (Å²) in [6.07, 6.45) is 5.58. The van der Waals surface area contributed by atoms with E-state index in [0.29, 0.717) is 0 Å². The Bertz CT molecular complexity index is 409. The molecule has 2 N–H and O–H groups in total. The highest BCUT2D eigenvalue weighted by molar-refractivity contribution is 5.52. The number of benzene rings is 1. The fraction of sp³-hybridized carbons (Fsp3) is 0.600.